The lowest BCUT2D eigenvalue weighted by Gasteiger charge is -2.36. The van der Waals surface area contributed by atoms with Crippen LogP contribution in [-0.2, 0) is 12.1 Å². The Morgan fingerprint density at radius 1 is 1.34 bits per heavy atom. The van der Waals surface area contributed by atoms with E-state index in [1.807, 2.05) is 13.8 Å². The number of fused-ring (bicyclic) bond motifs is 1. The van der Waals surface area contributed by atoms with Gasteiger partial charge in [0, 0.05) is 31.2 Å². The van der Waals surface area contributed by atoms with Gasteiger partial charge in [-0.1, -0.05) is 6.92 Å². The molecular formula is C21H32FN9O. The number of aromatic nitrogens is 4. The van der Waals surface area contributed by atoms with Crippen LogP contribution >= 0.6 is 0 Å². The van der Waals surface area contributed by atoms with E-state index in [1.165, 1.54) is 0 Å². The Hall–Kier alpha value is -2.95. The summed E-state index contributed by atoms with van der Waals surface area (Å²) >= 11 is 0. The fourth-order valence-corrected chi connectivity index (χ4v) is 4.86. The summed E-state index contributed by atoms with van der Waals surface area (Å²) < 4.78 is 14.2. The summed E-state index contributed by atoms with van der Waals surface area (Å²) in [6.07, 6.45) is 2.14. The fraction of sp³-hybridized carbons (Fsp3) is 0.619. The molecule has 1 unspecified atom stereocenters. The minimum absolute atomic E-state index is 0.0191. The highest BCUT2D eigenvalue weighted by molar-refractivity contribution is 5.77. The number of halogens is 1. The van der Waals surface area contributed by atoms with Gasteiger partial charge < -0.3 is 20.9 Å². The Labute approximate surface area is 187 Å². The normalized spacial score (nSPS) is 24.5. The van der Waals surface area contributed by atoms with Crippen molar-refractivity contribution >= 4 is 23.6 Å². The van der Waals surface area contributed by atoms with Crippen molar-refractivity contribution in [1.29, 1.82) is 0 Å². The first-order chi connectivity index (χ1) is 15.0. The van der Waals surface area contributed by atoms with Gasteiger partial charge in [-0.05, 0) is 40.2 Å². The number of hydrogen-bond donors (Lipinski definition) is 4. The molecule has 0 saturated carbocycles. The van der Waals surface area contributed by atoms with Crippen LogP contribution in [0.4, 0.5) is 26.8 Å². The maximum atomic E-state index is 14.2. The van der Waals surface area contributed by atoms with Gasteiger partial charge in [-0.3, -0.25) is 10.00 Å². The van der Waals surface area contributed by atoms with Crippen LogP contribution in [0.25, 0.3) is 0 Å². The quantitative estimate of drug-likeness (QED) is 0.559. The van der Waals surface area contributed by atoms with Crippen LogP contribution in [0.1, 0.15) is 45.4 Å². The van der Waals surface area contributed by atoms with Crippen molar-refractivity contribution in [2.45, 2.75) is 51.7 Å². The fourth-order valence-electron chi connectivity index (χ4n) is 4.86. The maximum absolute atomic E-state index is 14.2. The largest absolute Gasteiger partial charge is 0.357 e. The van der Waals surface area contributed by atoms with Gasteiger partial charge in [-0.25, -0.2) is 14.2 Å². The summed E-state index contributed by atoms with van der Waals surface area (Å²) in [5.41, 5.74) is 0.975. The highest BCUT2D eigenvalue weighted by atomic mass is 19.1. The third kappa shape index (κ3) is 3.74. The van der Waals surface area contributed by atoms with E-state index in [0.29, 0.717) is 30.8 Å². The monoisotopic (exact) mass is 445 g/mol. The molecule has 1 fully saturated rings. The van der Waals surface area contributed by atoms with Gasteiger partial charge >= 0.3 is 6.03 Å². The second-order valence-electron chi connectivity index (χ2n) is 9.68. The van der Waals surface area contributed by atoms with Crippen LogP contribution in [0.15, 0.2) is 6.20 Å². The number of nitrogens with zero attached hydrogens (tertiary/aromatic N) is 5. The number of hydrogen-bond acceptors (Lipinski definition) is 7. The Kier molecular flexibility index (Phi) is 5.48. The van der Waals surface area contributed by atoms with Gasteiger partial charge in [-0.15, -0.1) is 0 Å². The molecule has 4 heterocycles. The van der Waals surface area contributed by atoms with E-state index in [0.717, 1.165) is 30.4 Å². The van der Waals surface area contributed by atoms with Crippen molar-refractivity contribution < 1.29 is 9.18 Å². The van der Waals surface area contributed by atoms with Crippen molar-refractivity contribution in [3.63, 3.8) is 0 Å². The predicted molar refractivity (Wildman–Crippen MR) is 120 cm³/mol. The number of H-pyrrole nitrogens is 1. The SMILES string of the molecule is CNc1ncc(F)c(Nc2n[nH]c3c2CN(C(=O)NCC2(C)C[C@@H](C)CN2C)C3(C)C)n1. The molecule has 2 aliphatic rings. The van der Waals surface area contributed by atoms with Crippen molar-refractivity contribution in [3.8, 4) is 0 Å². The number of carbonyl (C=O) groups is 1. The summed E-state index contributed by atoms with van der Waals surface area (Å²) in [6, 6.07) is -0.134. The highest BCUT2D eigenvalue weighted by Gasteiger charge is 2.45. The van der Waals surface area contributed by atoms with E-state index in [-0.39, 0.29) is 17.4 Å². The van der Waals surface area contributed by atoms with E-state index < -0.39 is 11.4 Å². The third-order valence-electron chi connectivity index (χ3n) is 6.84. The molecule has 32 heavy (non-hydrogen) atoms. The molecule has 11 heteroatoms. The molecule has 0 bridgehead atoms. The lowest BCUT2D eigenvalue weighted by Crippen LogP contribution is -2.53. The van der Waals surface area contributed by atoms with Crippen LogP contribution in [0.3, 0.4) is 0 Å². The first-order valence-corrected chi connectivity index (χ1v) is 10.9. The average Bonchev–Trinajstić information content (AvgIpc) is 3.34. The molecule has 1 saturated heterocycles. The van der Waals surface area contributed by atoms with E-state index in [9.17, 15) is 9.18 Å². The predicted octanol–water partition coefficient (Wildman–Crippen LogP) is 2.61. The van der Waals surface area contributed by atoms with Gasteiger partial charge in [0.25, 0.3) is 0 Å². The molecule has 174 valence electrons. The molecule has 2 atom stereocenters. The molecule has 0 aliphatic carbocycles. The smallest absolute Gasteiger partial charge is 0.318 e. The van der Waals surface area contributed by atoms with Gasteiger partial charge in [0.05, 0.1) is 24.0 Å². The molecule has 0 spiro atoms. The Bertz CT molecular complexity index is 1020. The van der Waals surface area contributed by atoms with Crippen molar-refractivity contribution in [3.05, 3.63) is 23.3 Å². The molecule has 2 aromatic heterocycles. The molecular weight excluding hydrogens is 413 g/mol. The van der Waals surface area contributed by atoms with Gasteiger partial charge in [0.1, 0.15) is 0 Å². The number of rotatable bonds is 5. The number of urea groups is 1. The zero-order valence-electron chi connectivity index (χ0n) is 19.5. The second kappa shape index (κ2) is 7.88. The Morgan fingerprint density at radius 2 is 2.09 bits per heavy atom. The Morgan fingerprint density at radius 3 is 2.75 bits per heavy atom. The summed E-state index contributed by atoms with van der Waals surface area (Å²) in [7, 11) is 3.77. The summed E-state index contributed by atoms with van der Waals surface area (Å²) in [6.45, 7) is 10.3. The minimum Gasteiger partial charge on any atom is -0.357 e. The zero-order valence-corrected chi connectivity index (χ0v) is 19.5. The number of likely N-dealkylation sites (tertiary alicyclic amines) is 1. The van der Waals surface area contributed by atoms with Crippen LogP contribution in [0.2, 0.25) is 0 Å². The topological polar surface area (TPSA) is 114 Å². The van der Waals surface area contributed by atoms with E-state index in [1.54, 1.807) is 11.9 Å². The van der Waals surface area contributed by atoms with Gasteiger partial charge in [0.2, 0.25) is 5.95 Å². The number of likely N-dealkylation sites (N-methyl/N-ethyl adjacent to an activating group) is 1. The molecule has 4 rings (SSSR count). The molecule has 2 amide bonds. The lowest BCUT2D eigenvalue weighted by atomic mass is 9.95. The first-order valence-electron chi connectivity index (χ1n) is 10.9. The molecule has 4 N–H and O–H groups in total. The van der Waals surface area contributed by atoms with E-state index >= 15 is 0 Å². The van der Waals surface area contributed by atoms with E-state index in [4.69, 9.17) is 0 Å². The molecule has 0 radical (unpaired) electrons. The standard InChI is InChI=1S/C21H32FN9O/c1-12-7-21(4,30(6)9-12)11-25-19(32)31-10-13-15(20(31,2)3)28-29-16(13)26-17-14(22)8-24-18(23-5)27-17/h8,12H,7,9-11H2,1-6H3,(H,25,32)(H3,23,24,26,27,28,29)/t12-,21?/m1/s1. The van der Waals surface area contributed by atoms with Crippen molar-refractivity contribution in [2.24, 2.45) is 5.92 Å². The van der Waals surface area contributed by atoms with Crippen LogP contribution < -0.4 is 16.0 Å². The number of anilines is 3. The first kappa shape index (κ1) is 22.3. The van der Waals surface area contributed by atoms with Crippen molar-refractivity contribution in [2.75, 3.05) is 37.8 Å². The summed E-state index contributed by atoms with van der Waals surface area (Å²) in [4.78, 5) is 25.2. The number of amides is 2. The van der Waals surface area contributed by atoms with Crippen LogP contribution in [0, 0.1) is 11.7 Å². The summed E-state index contributed by atoms with van der Waals surface area (Å²) in [5, 5.41) is 16.2. The van der Waals surface area contributed by atoms with Crippen molar-refractivity contribution in [1.82, 2.24) is 35.3 Å². The second-order valence-corrected chi connectivity index (χ2v) is 9.68. The molecule has 10 nitrogen and oxygen atoms in total. The average molecular weight is 446 g/mol. The van der Waals surface area contributed by atoms with Crippen LogP contribution in [-0.4, -0.2) is 68.7 Å². The number of carbonyl (C=O) groups excluding carboxylic acids is 1. The molecule has 0 aromatic carbocycles. The molecule has 2 aliphatic heterocycles. The zero-order chi connectivity index (χ0) is 23.3. The van der Waals surface area contributed by atoms with Crippen LogP contribution in [0.5, 0.6) is 0 Å². The molecule has 2 aromatic rings. The Balaban J connectivity index is 1.50. The number of aromatic amines is 1. The summed E-state index contributed by atoms with van der Waals surface area (Å²) in [5.74, 6) is 0.776. The lowest BCUT2D eigenvalue weighted by molar-refractivity contribution is 0.132. The third-order valence-corrected chi connectivity index (χ3v) is 6.84. The highest BCUT2D eigenvalue weighted by Crippen LogP contribution is 2.41. The van der Waals surface area contributed by atoms with Gasteiger partial charge in [-0.2, -0.15) is 10.1 Å². The van der Waals surface area contributed by atoms with Gasteiger partial charge in [0.15, 0.2) is 17.5 Å². The maximum Gasteiger partial charge on any atom is 0.318 e. The number of nitrogens with one attached hydrogen (secondary N) is 4. The minimum atomic E-state index is -0.595. The van der Waals surface area contributed by atoms with E-state index in [2.05, 4.69) is 61.9 Å².